The molecule has 3 aromatic rings. The molecule has 25 heavy (non-hydrogen) atoms. The first-order chi connectivity index (χ1) is 12.0. The molecule has 0 aliphatic carbocycles. The number of carbonyl (C=O) groups excluding carboxylic acids is 1. The van der Waals surface area contributed by atoms with Gasteiger partial charge in [0, 0.05) is 5.39 Å². The quantitative estimate of drug-likeness (QED) is 0.404. The van der Waals surface area contributed by atoms with Gasteiger partial charge in [-0.2, -0.15) is 0 Å². The normalized spacial score (nSPS) is 10.6. The molecule has 0 saturated carbocycles. The molecule has 128 valence electrons. The van der Waals surface area contributed by atoms with Gasteiger partial charge in [0.05, 0.1) is 0 Å². The van der Waals surface area contributed by atoms with Crippen LogP contribution in [0.5, 0.6) is 5.75 Å². The number of carbonyl (C=O) groups is 1. The molecule has 0 atom stereocenters. The first-order valence-corrected chi connectivity index (χ1v) is 7.94. The molecule has 1 aromatic heterocycles. The highest BCUT2D eigenvalue weighted by Gasteiger charge is 2.15. The van der Waals surface area contributed by atoms with E-state index in [0.29, 0.717) is 11.0 Å². The van der Waals surface area contributed by atoms with E-state index in [0.717, 1.165) is 16.9 Å². The summed E-state index contributed by atoms with van der Waals surface area (Å²) in [6, 6.07) is 14.3. The third-order valence-electron chi connectivity index (χ3n) is 3.64. The van der Waals surface area contributed by atoms with Crippen molar-refractivity contribution in [3.8, 4) is 5.75 Å². The SMILES string of the molecule is Cc1cc(C)cc(OCCOC(=O)c2cc3ccccc3oc2=O)c1. The fourth-order valence-electron chi connectivity index (χ4n) is 2.59. The molecular formula is C20H18O5. The first kappa shape index (κ1) is 16.8. The summed E-state index contributed by atoms with van der Waals surface area (Å²) in [6.45, 7) is 4.21. The van der Waals surface area contributed by atoms with E-state index in [9.17, 15) is 9.59 Å². The Hall–Kier alpha value is -3.08. The average Bonchev–Trinajstić information content (AvgIpc) is 2.57. The van der Waals surface area contributed by atoms with Gasteiger partial charge in [0.15, 0.2) is 0 Å². The Bertz CT molecular complexity index is 951. The zero-order valence-electron chi connectivity index (χ0n) is 14.1. The van der Waals surface area contributed by atoms with Crippen LogP contribution in [-0.2, 0) is 4.74 Å². The average molecular weight is 338 g/mol. The Labute approximate surface area is 144 Å². The van der Waals surface area contributed by atoms with Crippen LogP contribution in [0.25, 0.3) is 11.0 Å². The maximum absolute atomic E-state index is 12.1. The number of aryl methyl sites for hydroxylation is 2. The predicted molar refractivity (Wildman–Crippen MR) is 94.2 cm³/mol. The van der Waals surface area contributed by atoms with Gasteiger partial charge >= 0.3 is 11.6 Å². The summed E-state index contributed by atoms with van der Waals surface area (Å²) in [4.78, 5) is 24.0. The minimum atomic E-state index is -0.719. The largest absolute Gasteiger partial charge is 0.490 e. The number of hydrogen-bond donors (Lipinski definition) is 0. The number of para-hydroxylation sites is 1. The second kappa shape index (κ2) is 7.21. The Kier molecular flexibility index (Phi) is 4.84. The lowest BCUT2D eigenvalue weighted by molar-refractivity contribution is 0.0446. The van der Waals surface area contributed by atoms with Crippen LogP contribution in [0.1, 0.15) is 21.5 Å². The third-order valence-corrected chi connectivity index (χ3v) is 3.64. The van der Waals surface area contributed by atoms with Crippen LogP contribution in [0.4, 0.5) is 0 Å². The zero-order valence-corrected chi connectivity index (χ0v) is 14.1. The maximum Gasteiger partial charge on any atom is 0.351 e. The second-order valence-electron chi connectivity index (χ2n) is 5.79. The molecule has 2 aromatic carbocycles. The number of rotatable bonds is 5. The summed E-state index contributed by atoms with van der Waals surface area (Å²) in [7, 11) is 0. The van der Waals surface area contributed by atoms with E-state index in [-0.39, 0.29) is 18.8 Å². The molecule has 0 aliphatic rings. The fourth-order valence-corrected chi connectivity index (χ4v) is 2.59. The van der Waals surface area contributed by atoms with Gasteiger partial charge in [-0.05, 0) is 49.2 Å². The van der Waals surface area contributed by atoms with Crippen molar-refractivity contribution in [2.75, 3.05) is 13.2 Å². The Morgan fingerprint density at radius 3 is 2.48 bits per heavy atom. The van der Waals surface area contributed by atoms with E-state index in [2.05, 4.69) is 0 Å². The summed E-state index contributed by atoms with van der Waals surface area (Å²) in [6.07, 6.45) is 0. The molecule has 0 bridgehead atoms. The van der Waals surface area contributed by atoms with Gasteiger partial charge in [-0.15, -0.1) is 0 Å². The van der Waals surface area contributed by atoms with Gasteiger partial charge in [-0.25, -0.2) is 9.59 Å². The smallest absolute Gasteiger partial charge is 0.351 e. The first-order valence-electron chi connectivity index (χ1n) is 7.94. The minimum Gasteiger partial charge on any atom is -0.490 e. The molecular weight excluding hydrogens is 320 g/mol. The van der Waals surface area contributed by atoms with Gasteiger partial charge in [0.2, 0.25) is 0 Å². The molecule has 5 nitrogen and oxygen atoms in total. The van der Waals surface area contributed by atoms with E-state index in [1.54, 1.807) is 24.3 Å². The monoisotopic (exact) mass is 338 g/mol. The lowest BCUT2D eigenvalue weighted by Gasteiger charge is -2.09. The molecule has 3 rings (SSSR count). The van der Waals surface area contributed by atoms with Crippen molar-refractivity contribution in [2.24, 2.45) is 0 Å². The number of fused-ring (bicyclic) bond motifs is 1. The van der Waals surface area contributed by atoms with Crippen molar-refractivity contribution in [3.05, 3.63) is 75.6 Å². The topological polar surface area (TPSA) is 65.7 Å². The van der Waals surface area contributed by atoms with Crippen LogP contribution in [-0.4, -0.2) is 19.2 Å². The highest BCUT2D eigenvalue weighted by Crippen LogP contribution is 2.16. The van der Waals surface area contributed by atoms with Crippen LogP contribution in [0.3, 0.4) is 0 Å². The molecule has 1 heterocycles. The maximum atomic E-state index is 12.1. The van der Waals surface area contributed by atoms with E-state index in [1.165, 1.54) is 6.07 Å². The van der Waals surface area contributed by atoms with E-state index >= 15 is 0 Å². The zero-order chi connectivity index (χ0) is 17.8. The van der Waals surface area contributed by atoms with Gasteiger partial charge < -0.3 is 13.9 Å². The molecule has 0 saturated heterocycles. The minimum absolute atomic E-state index is 0.0398. The third kappa shape index (κ3) is 4.07. The van der Waals surface area contributed by atoms with Crippen LogP contribution < -0.4 is 10.4 Å². The summed E-state index contributed by atoms with van der Waals surface area (Å²) < 4.78 is 15.8. The van der Waals surface area contributed by atoms with Crippen molar-refractivity contribution < 1.29 is 18.7 Å². The van der Waals surface area contributed by atoms with Crippen LogP contribution >= 0.6 is 0 Å². The van der Waals surface area contributed by atoms with Gasteiger partial charge in [0.25, 0.3) is 0 Å². The van der Waals surface area contributed by atoms with Gasteiger partial charge in [0.1, 0.15) is 30.1 Å². The van der Waals surface area contributed by atoms with Crippen molar-refractivity contribution in [1.29, 1.82) is 0 Å². The summed E-state index contributed by atoms with van der Waals surface area (Å²) in [5, 5.41) is 0.667. The highest BCUT2D eigenvalue weighted by molar-refractivity contribution is 5.92. The lowest BCUT2D eigenvalue weighted by Crippen LogP contribution is -2.19. The summed E-state index contributed by atoms with van der Waals surface area (Å²) in [5.41, 5.74) is 1.80. The highest BCUT2D eigenvalue weighted by atomic mass is 16.6. The van der Waals surface area contributed by atoms with E-state index in [4.69, 9.17) is 13.9 Å². The molecule has 0 amide bonds. The second-order valence-corrected chi connectivity index (χ2v) is 5.79. The number of hydrogen-bond acceptors (Lipinski definition) is 5. The van der Waals surface area contributed by atoms with Crippen LogP contribution in [0.2, 0.25) is 0 Å². The van der Waals surface area contributed by atoms with Crippen molar-refractivity contribution in [3.63, 3.8) is 0 Å². The molecule has 5 heteroatoms. The predicted octanol–water partition coefficient (Wildman–Crippen LogP) is 3.65. The fraction of sp³-hybridized carbons (Fsp3) is 0.200. The Morgan fingerprint density at radius 1 is 1.00 bits per heavy atom. The van der Waals surface area contributed by atoms with E-state index in [1.807, 2.05) is 32.0 Å². The molecule has 0 spiro atoms. The standard InChI is InChI=1S/C20H18O5/c1-13-9-14(2)11-16(10-13)23-7-8-24-19(21)17-12-15-5-3-4-6-18(15)25-20(17)22/h3-6,9-12H,7-8H2,1-2H3. The van der Waals surface area contributed by atoms with Crippen molar-refractivity contribution in [2.45, 2.75) is 13.8 Å². The summed E-state index contributed by atoms with van der Waals surface area (Å²) in [5.74, 6) is 0.00212. The van der Waals surface area contributed by atoms with Crippen molar-refractivity contribution >= 4 is 16.9 Å². The van der Waals surface area contributed by atoms with Crippen LogP contribution in [0.15, 0.2) is 57.7 Å². The number of ether oxygens (including phenoxy) is 2. The molecule has 0 unspecified atom stereocenters. The van der Waals surface area contributed by atoms with Gasteiger partial charge in [-0.3, -0.25) is 0 Å². The summed E-state index contributed by atoms with van der Waals surface area (Å²) >= 11 is 0. The van der Waals surface area contributed by atoms with Gasteiger partial charge in [-0.1, -0.05) is 24.3 Å². The molecule has 0 radical (unpaired) electrons. The molecule has 0 N–H and O–H groups in total. The molecule has 0 fully saturated rings. The van der Waals surface area contributed by atoms with Crippen LogP contribution in [0, 0.1) is 13.8 Å². The van der Waals surface area contributed by atoms with E-state index < -0.39 is 11.6 Å². The Morgan fingerprint density at radius 2 is 1.72 bits per heavy atom. The van der Waals surface area contributed by atoms with Crippen molar-refractivity contribution in [1.82, 2.24) is 0 Å². The lowest BCUT2D eigenvalue weighted by atomic mass is 10.1. The number of esters is 1. The molecule has 0 aliphatic heterocycles. The Balaban J connectivity index is 1.61. The number of benzene rings is 2.